The second-order valence-corrected chi connectivity index (χ2v) is 8.98. The highest BCUT2D eigenvalue weighted by Gasteiger charge is 2.29. The second-order valence-electron chi connectivity index (χ2n) is 8.98. The fourth-order valence-electron chi connectivity index (χ4n) is 5.10. The van der Waals surface area contributed by atoms with E-state index in [9.17, 15) is 9.59 Å². The molecule has 1 fully saturated rings. The number of H-pyrrole nitrogens is 1. The first-order valence-corrected chi connectivity index (χ1v) is 11.5. The molecule has 0 spiro atoms. The molecule has 1 saturated heterocycles. The van der Waals surface area contributed by atoms with E-state index in [-0.39, 0.29) is 24.0 Å². The van der Waals surface area contributed by atoms with Gasteiger partial charge < -0.3 is 14.5 Å². The number of hydrogen-bond acceptors (Lipinski definition) is 6. The van der Waals surface area contributed by atoms with Crippen molar-refractivity contribution < 1.29 is 14.3 Å². The van der Waals surface area contributed by atoms with Crippen molar-refractivity contribution in [3.8, 4) is 0 Å². The number of anilines is 1. The number of hydrogen-bond donors (Lipinski definition) is 1. The van der Waals surface area contributed by atoms with E-state index >= 15 is 0 Å². The molecular weight excluding hydrogens is 434 g/mol. The van der Waals surface area contributed by atoms with Gasteiger partial charge in [0.15, 0.2) is 0 Å². The number of aromatic nitrogens is 4. The summed E-state index contributed by atoms with van der Waals surface area (Å²) >= 11 is 0. The molecule has 1 atom stereocenters. The van der Waals surface area contributed by atoms with E-state index in [0.717, 1.165) is 35.3 Å². The van der Waals surface area contributed by atoms with Crippen LogP contribution in [0.15, 0.2) is 35.3 Å². The molecule has 9 nitrogen and oxygen atoms in total. The molecular formula is C25H25N5O4. The normalized spacial score (nSPS) is 17.7. The summed E-state index contributed by atoms with van der Waals surface area (Å²) in [6.45, 7) is 4.06. The number of fused-ring (bicyclic) bond motifs is 4. The molecule has 4 aromatic rings. The molecule has 0 radical (unpaired) electrons. The zero-order valence-electron chi connectivity index (χ0n) is 19.1. The Balaban J connectivity index is 1.48. The molecule has 6 rings (SSSR count). The van der Waals surface area contributed by atoms with Crippen molar-refractivity contribution in [2.75, 3.05) is 31.8 Å². The van der Waals surface area contributed by atoms with E-state index in [2.05, 4.69) is 16.0 Å². The van der Waals surface area contributed by atoms with Crippen LogP contribution in [0.3, 0.4) is 0 Å². The minimum absolute atomic E-state index is 0.0973. The summed E-state index contributed by atoms with van der Waals surface area (Å²) in [6, 6.07) is 7.51. The van der Waals surface area contributed by atoms with Crippen LogP contribution >= 0.6 is 0 Å². The van der Waals surface area contributed by atoms with E-state index in [4.69, 9.17) is 14.5 Å². The van der Waals surface area contributed by atoms with Crippen LogP contribution in [0.2, 0.25) is 0 Å². The number of amides is 1. The van der Waals surface area contributed by atoms with Crippen molar-refractivity contribution in [2.45, 2.75) is 32.3 Å². The Morgan fingerprint density at radius 3 is 3.00 bits per heavy atom. The number of imidazole rings is 1. The van der Waals surface area contributed by atoms with Crippen molar-refractivity contribution >= 4 is 28.3 Å². The Morgan fingerprint density at radius 1 is 1.32 bits per heavy atom. The highest BCUT2D eigenvalue weighted by Crippen LogP contribution is 2.30. The number of benzene rings is 1. The lowest BCUT2D eigenvalue weighted by molar-refractivity contribution is 0.0989. The predicted octanol–water partition coefficient (Wildman–Crippen LogP) is 2.73. The van der Waals surface area contributed by atoms with Crippen LogP contribution in [-0.4, -0.2) is 52.1 Å². The van der Waals surface area contributed by atoms with Crippen LogP contribution in [0.5, 0.6) is 0 Å². The van der Waals surface area contributed by atoms with Crippen molar-refractivity contribution in [1.29, 1.82) is 0 Å². The number of aryl methyl sites for hydroxylation is 1. The van der Waals surface area contributed by atoms with Crippen molar-refractivity contribution in [1.82, 2.24) is 19.4 Å². The molecule has 1 unspecified atom stereocenters. The predicted molar refractivity (Wildman–Crippen MR) is 127 cm³/mol. The maximum atomic E-state index is 13.4. The third kappa shape index (κ3) is 3.23. The zero-order chi connectivity index (χ0) is 23.4. The number of nitrogens with zero attached hydrogens (tertiary/aromatic N) is 4. The van der Waals surface area contributed by atoms with Gasteiger partial charge in [-0.15, -0.1) is 0 Å². The van der Waals surface area contributed by atoms with Gasteiger partial charge in [0.1, 0.15) is 17.2 Å². The molecule has 0 saturated carbocycles. The third-order valence-electron chi connectivity index (χ3n) is 6.68. The number of rotatable bonds is 4. The molecule has 174 valence electrons. The van der Waals surface area contributed by atoms with E-state index in [1.54, 1.807) is 30.3 Å². The van der Waals surface area contributed by atoms with Crippen LogP contribution in [0, 0.1) is 6.92 Å². The minimum atomic E-state index is -0.259. The Bertz CT molecular complexity index is 1500. The molecule has 5 heterocycles. The zero-order valence-corrected chi connectivity index (χ0v) is 19.1. The van der Waals surface area contributed by atoms with Gasteiger partial charge in [-0.3, -0.25) is 18.9 Å². The summed E-state index contributed by atoms with van der Waals surface area (Å²) in [5.74, 6) is 1.47. The minimum Gasteiger partial charge on any atom is -0.381 e. The molecule has 34 heavy (non-hydrogen) atoms. The largest absolute Gasteiger partial charge is 0.381 e. The summed E-state index contributed by atoms with van der Waals surface area (Å²) < 4.78 is 12.8. The van der Waals surface area contributed by atoms with Crippen LogP contribution in [0.25, 0.3) is 16.6 Å². The molecule has 2 aliphatic heterocycles. The summed E-state index contributed by atoms with van der Waals surface area (Å²) in [6.07, 6.45) is 3.41. The molecule has 1 amide bonds. The Kier molecular flexibility index (Phi) is 4.96. The van der Waals surface area contributed by atoms with Gasteiger partial charge in [0, 0.05) is 37.9 Å². The summed E-state index contributed by atoms with van der Waals surface area (Å²) in [4.78, 5) is 40.5. The average Bonchev–Trinajstić information content (AvgIpc) is 3.57. The lowest BCUT2D eigenvalue weighted by atomic mass is 10.1. The number of carbonyl (C=O) groups is 1. The lowest BCUT2D eigenvalue weighted by Crippen LogP contribution is -2.29. The first-order chi connectivity index (χ1) is 16.5. The Labute approximate surface area is 195 Å². The smallest absolute Gasteiger partial charge is 0.274 e. The molecule has 0 bridgehead atoms. The van der Waals surface area contributed by atoms with Crippen molar-refractivity contribution in [2.24, 2.45) is 0 Å². The number of aromatic amines is 1. The lowest BCUT2D eigenvalue weighted by Gasteiger charge is -2.17. The molecule has 3 aromatic heterocycles. The van der Waals surface area contributed by atoms with Gasteiger partial charge >= 0.3 is 0 Å². The monoisotopic (exact) mass is 459 g/mol. The average molecular weight is 460 g/mol. The second kappa shape index (κ2) is 8.03. The van der Waals surface area contributed by atoms with E-state index in [1.807, 2.05) is 17.4 Å². The standard InChI is InChI=1S/C25H25N5O4/c1-14-9-15-5-7-29(22(15)26-11-14)25(32)16-3-4-20-18(10-16)28-24(31)21-19(13-33-2)27-23(30(20)21)17-6-8-34-12-17/h3-4,9-11,17H,5-8,12-13H2,1-2H3,(H,28,31). The summed E-state index contributed by atoms with van der Waals surface area (Å²) in [5.41, 5.74) is 4.85. The van der Waals surface area contributed by atoms with Crippen molar-refractivity contribution in [3.63, 3.8) is 0 Å². The first-order valence-electron chi connectivity index (χ1n) is 11.5. The highest BCUT2D eigenvalue weighted by atomic mass is 16.5. The van der Waals surface area contributed by atoms with Gasteiger partial charge in [0.05, 0.1) is 29.9 Å². The number of methoxy groups -OCH3 is 1. The maximum absolute atomic E-state index is 13.4. The SMILES string of the molecule is COCc1nc(C2CCOC2)n2c1c(=O)[nH]c1cc(C(=O)N3CCc4cc(C)cnc43)ccc12. The number of nitrogens with one attached hydrogen (secondary N) is 1. The maximum Gasteiger partial charge on any atom is 0.274 e. The van der Waals surface area contributed by atoms with Gasteiger partial charge in [-0.2, -0.15) is 0 Å². The van der Waals surface area contributed by atoms with E-state index in [0.29, 0.717) is 47.9 Å². The van der Waals surface area contributed by atoms with Crippen LogP contribution < -0.4 is 10.5 Å². The van der Waals surface area contributed by atoms with Gasteiger partial charge in [0.25, 0.3) is 11.5 Å². The summed E-state index contributed by atoms with van der Waals surface area (Å²) in [7, 11) is 1.59. The number of pyridine rings is 1. The first kappa shape index (κ1) is 21.0. The molecule has 1 aromatic carbocycles. The third-order valence-corrected chi connectivity index (χ3v) is 6.68. The molecule has 0 aliphatic carbocycles. The number of ether oxygens (including phenoxy) is 2. The van der Waals surface area contributed by atoms with Gasteiger partial charge in [-0.25, -0.2) is 9.97 Å². The fraction of sp³-hybridized carbons (Fsp3) is 0.360. The quantitative estimate of drug-likeness (QED) is 0.504. The Hall–Kier alpha value is -3.56. The van der Waals surface area contributed by atoms with E-state index in [1.165, 1.54) is 0 Å². The van der Waals surface area contributed by atoms with Crippen molar-refractivity contribution in [3.05, 3.63) is 69.0 Å². The fourth-order valence-corrected chi connectivity index (χ4v) is 5.10. The van der Waals surface area contributed by atoms with Crippen LogP contribution in [-0.2, 0) is 22.5 Å². The van der Waals surface area contributed by atoms with Gasteiger partial charge in [0.2, 0.25) is 0 Å². The molecule has 1 N–H and O–H groups in total. The molecule has 2 aliphatic rings. The summed E-state index contributed by atoms with van der Waals surface area (Å²) in [5, 5.41) is 0. The van der Waals surface area contributed by atoms with Gasteiger partial charge in [-0.05, 0) is 49.1 Å². The highest BCUT2D eigenvalue weighted by molar-refractivity contribution is 6.08. The number of carbonyl (C=O) groups excluding carboxylic acids is 1. The Morgan fingerprint density at radius 2 is 2.21 bits per heavy atom. The van der Waals surface area contributed by atoms with E-state index < -0.39 is 0 Å². The van der Waals surface area contributed by atoms with Crippen LogP contribution in [0.1, 0.15) is 45.3 Å². The van der Waals surface area contributed by atoms with Crippen LogP contribution in [0.4, 0.5) is 5.82 Å². The molecule has 9 heteroatoms. The van der Waals surface area contributed by atoms with Gasteiger partial charge in [-0.1, -0.05) is 6.07 Å². The topological polar surface area (TPSA) is 102 Å².